The van der Waals surface area contributed by atoms with Gasteiger partial charge in [0.2, 0.25) is 0 Å². The average molecular weight is 335 g/mol. The lowest BCUT2D eigenvalue weighted by Crippen LogP contribution is -2.18. The van der Waals surface area contributed by atoms with Gasteiger partial charge in [0.25, 0.3) is 0 Å². The fraction of sp³-hybridized carbons (Fsp3) is 0.583. The number of phenols is 1. The Bertz CT molecular complexity index is 750. The minimum Gasteiger partial charge on any atom is -0.508 e. The van der Waals surface area contributed by atoms with Crippen LogP contribution in [0.1, 0.15) is 92.7 Å². The first-order valence-corrected chi connectivity index (χ1v) is 10.4. The number of fused-ring (bicyclic) bond motifs is 5. The Morgan fingerprint density at radius 3 is 2.60 bits per heavy atom. The van der Waals surface area contributed by atoms with Crippen molar-refractivity contribution in [3.63, 3.8) is 0 Å². The maximum absolute atomic E-state index is 11.1. The van der Waals surface area contributed by atoms with Crippen LogP contribution < -0.4 is 0 Å². The highest BCUT2D eigenvalue weighted by Gasteiger charge is 2.49. The highest BCUT2D eigenvalue weighted by molar-refractivity contribution is 5.55. The fourth-order valence-electron chi connectivity index (χ4n) is 6.02. The van der Waals surface area contributed by atoms with Crippen molar-refractivity contribution >= 4 is 0 Å². The number of phenolic OH excluding ortho intramolecular Hbond substituents is 1. The molecule has 0 amide bonds. The van der Waals surface area contributed by atoms with Gasteiger partial charge in [0.1, 0.15) is 5.75 Å². The van der Waals surface area contributed by atoms with Gasteiger partial charge in [0, 0.05) is 11.5 Å². The average Bonchev–Trinajstić information content (AvgIpc) is 3.42. The van der Waals surface area contributed by atoms with E-state index in [-0.39, 0.29) is 0 Å². The van der Waals surface area contributed by atoms with Gasteiger partial charge >= 0.3 is 0 Å². The molecule has 132 valence electrons. The van der Waals surface area contributed by atoms with E-state index in [0.29, 0.717) is 35.3 Å². The Morgan fingerprint density at radius 1 is 1.00 bits per heavy atom. The first-order valence-electron chi connectivity index (χ1n) is 10.4. The summed E-state index contributed by atoms with van der Waals surface area (Å²) >= 11 is 0. The standard InChI is InChI=1S/C24H30O/c1-14-8-9-18-15(2)19-13-20(19)22-11-17(16-6-4-3-5-7-16)12-23(25)24(22)21(18)10-14/h10-12,16,18-21,25H,2-9,13H2,1H3/t18-,19?,20?,21?/m0/s1. The second kappa shape index (κ2) is 5.76. The molecule has 1 heteroatoms. The van der Waals surface area contributed by atoms with Gasteiger partial charge in [-0.15, -0.1) is 0 Å². The van der Waals surface area contributed by atoms with Crippen molar-refractivity contribution in [3.8, 4) is 5.75 Å². The van der Waals surface area contributed by atoms with Gasteiger partial charge in [-0.1, -0.05) is 49.1 Å². The Balaban J connectivity index is 1.63. The molecular formula is C24H30O. The topological polar surface area (TPSA) is 20.2 Å². The number of rotatable bonds is 1. The van der Waals surface area contributed by atoms with Crippen molar-refractivity contribution in [1.29, 1.82) is 0 Å². The van der Waals surface area contributed by atoms with E-state index in [0.717, 1.165) is 0 Å². The summed E-state index contributed by atoms with van der Waals surface area (Å²) in [5.74, 6) is 3.40. The molecule has 1 nitrogen and oxygen atoms in total. The minimum absolute atomic E-state index is 0.351. The minimum atomic E-state index is 0.351. The van der Waals surface area contributed by atoms with Gasteiger partial charge < -0.3 is 5.11 Å². The van der Waals surface area contributed by atoms with Gasteiger partial charge in [-0.3, -0.25) is 0 Å². The molecule has 4 aliphatic rings. The summed E-state index contributed by atoms with van der Waals surface area (Å²) in [7, 11) is 0. The third-order valence-corrected chi connectivity index (χ3v) is 7.51. The zero-order valence-electron chi connectivity index (χ0n) is 15.4. The molecule has 1 aromatic carbocycles. The highest BCUT2D eigenvalue weighted by atomic mass is 16.3. The molecule has 0 radical (unpaired) electrons. The summed E-state index contributed by atoms with van der Waals surface area (Å²) in [6, 6.07) is 4.61. The van der Waals surface area contributed by atoms with Gasteiger partial charge in [-0.05, 0) is 79.9 Å². The van der Waals surface area contributed by atoms with E-state index in [1.54, 1.807) is 0 Å². The monoisotopic (exact) mass is 334 g/mol. The molecule has 0 saturated heterocycles. The predicted molar refractivity (Wildman–Crippen MR) is 103 cm³/mol. The Kier molecular flexibility index (Phi) is 3.62. The summed E-state index contributed by atoms with van der Waals surface area (Å²) in [5.41, 5.74) is 7.06. The molecule has 1 aromatic rings. The molecule has 0 aromatic heterocycles. The van der Waals surface area contributed by atoms with Gasteiger partial charge in [-0.25, -0.2) is 0 Å². The van der Waals surface area contributed by atoms with Crippen molar-refractivity contribution in [1.82, 2.24) is 0 Å². The molecule has 1 N–H and O–H groups in total. The largest absolute Gasteiger partial charge is 0.508 e. The fourth-order valence-corrected chi connectivity index (χ4v) is 6.02. The molecule has 0 heterocycles. The number of hydrogen-bond donors (Lipinski definition) is 1. The molecule has 0 aliphatic heterocycles. The molecule has 0 bridgehead atoms. The van der Waals surface area contributed by atoms with Crippen LogP contribution in [0.25, 0.3) is 0 Å². The van der Waals surface area contributed by atoms with Gasteiger partial charge in [-0.2, -0.15) is 0 Å². The third-order valence-electron chi connectivity index (χ3n) is 7.51. The van der Waals surface area contributed by atoms with E-state index in [2.05, 4.69) is 31.7 Å². The molecule has 4 aliphatic carbocycles. The first kappa shape index (κ1) is 15.7. The second-order valence-corrected chi connectivity index (χ2v) is 9.09. The maximum Gasteiger partial charge on any atom is 0.119 e. The highest BCUT2D eigenvalue weighted by Crippen LogP contribution is 2.62. The number of benzene rings is 1. The lowest BCUT2D eigenvalue weighted by atomic mass is 9.72. The van der Waals surface area contributed by atoms with Crippen LogP contribution in [-0.4, -0.2) is 5.11 Å². The van der Waals surface area contributed by atoms with Crippen LogP contribution in [0.15, 0.2) is 35.9 Å². The van der Waals surface area contributed by atoms with Gasteiger partial charge in [0.15, 0.2) is 0 Å². The Hall–Kier alpha value is -1.50. The first-order chi connectivity index (χ1) is 12.1. The molecule has 2 fully saturated rings. The van der Waals surface area contributed by atoms with Gasteiger partial charge in [0.05, 0.1) is 0 Å². The molecule has 2 saturated carbocycles. The zero-order chi connectivity index (χ0) is 17.1. The maximum atomic E-state index is 11.1. The quantitative estimate of drug-likeness (QED) is 0.577. The van der Waals surface area contributed by atoms with E-state index >= 15 is 0 Å². The second-order valence-electron chi connectivity index (χ2n) is 9.09. The van der Waals surface area contributed by atoms with E-state index in [1.807, 2.05) is 0 Å². The van der Waals surface area contributed by atoms with Crippen LogP contribution in [0.2, 0.25) is 0 Å². The van der Waals surface area contributed by atoms with Crippen LogP contribution >= 0.6 is 0 Å². The summed E-state index contributed by atoms with van der Waals surface area (Å²) < 4.78 is 0. The van der Waals surface area contributed by atoms with E-state index in [9.17, 15) is 5.11 Å². The van der Waals surface area contributed by atoms with Crippen LogP contribution in [-0.2, 0) is 0 Å². The van der Waals surface area contributed by atoms with Crippen LogP contribution in [0, 0.1) is 11.8 Å². The van der Waals surface area contributed by atoms with Crippen LogP contribution in [0.3, 0.4) is 0 Å². The lowest BCUT2D eigenvalue weighted by Gasteiger charge is -2.32. The zero-order valence-corrected chi connectivity index (χ0v) is 15.4. The van der Waals surface area contributed by atoms with E-state index < -0.39 is 0 Å². The molecule has 0 spiro atoms. The number of allylic oxidation sites excluding steroid dienone is 3. The van der Waals surface area contributed by atoms with Crippen molar-refractivity contribution in [3.05, 3.63) is 52.6 Å². The summed E-state index contributed by atoms with van der Waals surface area (Å²) in [6.45, 7) is 6.77. The predicted octanol–water partition coefficient (Wildman–Crippen LogP) is 6.55. The van der Waals surface area contributed by atoms with Crippen molar-refractivity contribution in [2.75, 3.05) is 0 Å². The third kappa shape index (κ3) is 2.50. The van der Waals surface area contributed by atoms with E-state index in [4.69, 9.17) is 0 Å². The Labute approximate surface area is 151 Å². The smallest absolute Gasteiger partial charge is 0.119 e. The molecule has 25 heavy (non-hydrogen) atoms. The summed E-state index contributed by atoms with van der Waals surface area (Å²) in [6.07, 6.45) is 12.7. The van der Waals surface area contributed by atoms with Crippen LogP contribution in [0.5, 0.6) is 5.75 Å². The molecule has 3 unspecified atom stereocenters. The van der Waals surface area contributed by atoms with Crippen molar-refractivity contribution < 1.29 is 5.11 Å². The summed E-state index contributed by atoms with van der Waals surface area (Å²) in [5, 5.41) is 11.1. The Morgan fingerprint density at radius 2 is 1.80 bits per heavy atom. The summed E-state index contributed by atoms with van der Waals surface area (Å²) in [4.78, 5) is 0. The number of aromatic hydroxyl groups is 1. The van der Waals surface area contributed by atoms with E-state index in [1.165, 1.54) is 79.2 Å². The molecular weight excluding hydrogens is 304 g/mol. The SMILES string of the molecule is C=C1C2CC2c2cc(C3CCCCC3)cc(O)c2C2C=C(C)CC[C@@H]12. The number of hydrogen-bond acceptors (Lipinski definition) is 1. The van der Waals surface area contributed by atoms with Crippen molar-refractivity contribution in [2.24, 2.45) is 11.8 Å². The normalized spacial score (nSPS) is 34.4. The lowest BCUT2D eigenvalue weighted by molar-refractivity contribution is 0.424. The van der Waals surface area contributed by atoms with Crippen LogP contribution in [0.4, 0.5) is 0 Å². The molecule has 4 atom stereocenters. The van der Waals surface area contributed by atoms with Crippen molar-refractivity contribution in [2.45, 2.75) is 76.0 Å². The molecule has 5 rings (SSSR count).